The molecule has 0 fully saturated rings. The van der Waals surface area contributed by atoms with Gasteiger partial charge in [0, 0.05) is 31.3 Å². The topological polar surface area (TPSA) is 24.9 Å². The summed E-state index contributed by atoms with van der Waals surface area (Å²) in [6.45, 7) is 0. The van der Waals surface area contributed by atoms with Crippen molar-refractivity contribution in [2.75, 3.05) is 38.1 Å². The molecule has 3 rings (SSSR count). The van der Waals surface area contributed by atoms with Crippen LogP contribution in [0.2, 0.25) is 0 Å². The molecule has 0 radical (unpaired) electrons. The maximum absolute atomic E-state index is 5.47. The Morgan fingerprint density at radius 3 is 1.93 bits per heavy atom. The summed E-state index contributed by atoms with van der Waals surface area (Å²) in [6.07, 6.45) is 0. The molecule has 0 aliphatic carbocycles. The molecular weight excluding hydrogens is 338 g/mol. The average Bonchev–Trinajstić information content (AvgIpc) is 2.69. The van der Waals surface area contributed by atoms with E-state index in [0.717, 1.165) is 22.7 Å². The zero-order valence-corrected chi connectivity index (χ0v) is 17.5. The molecule has 0 unspecified atom stereocenters. The van der Waals surface area contributed by atoms with Gasteiger partial charge >= 0.3 is 37.7 Å². The molecule has 3 aromatic carbocycles. The zero-order valence-electron chi connectivity index (χ0n) is 17.5. The van der Waals surface area contributed by atoms with Gasteiger partial charge in [0.25, 0.3) is 0 Å². The quantitative estimate of drug-likeness (QED) is 0.409. The van der Waals surface area contributed by atoms with E-state index in [2.05, 4.69) is 35.2 Å². The maximum atomic E-state index is 5.47. The molecule has 0 aliphatic heterocycles. The predicted molar refractivity (Wildman–Crippen MR) is 106 cm³/mol. The van der Waals surface area contributed by atoms with Crippen LogP contribution in [0.4, 0.5) is 22.7 Å². The first kappa shape index (κ1) is 24.1. The molecule has 0 N–H and O–H groups in total. The standard InChI is InChI=1S/C22H22N2O2.2Li/c1-23(2)19-13-20(16-22(15-19)26-4)24(17-9-6-5-7-10-17)18-11-8-12-21(14-18)25-3;;/h5-13,15H,1-4H3;;/q-2;2*+1. The smallest absolute Gasteiger partial charge is 0.523 e. The summed E-state index contributed by atoms with van der Waals surface area (Å²) >= 11 is 0. The summed E-state index contributed by atoms with van der Waals surface area (Å²) in [5, 5.41) is 0. The van der Waals surface area contributed by atoms with E-state index in [0.29, 0.717) is 11.5 Å². The van der Waals surface area contributed by atoms with E-state index in [-0.39, 0.29) is 37.7 Å². The Morgan fingerprint density at radius 1 is 0.679 bits per heavy atom. The second-order valence-corrected chi connectivity index (χ2v) is 5.96. The van der Waals surface area contributed by atoms with E-state index < -0.39 is 0 Å². The number of anilines is 4. The van der Waals surface area contributed by atoms with Crippen molar-refractivity contribution in [2.24, 2.45) is 0 Å². The monoisotopic (exact) mass is 360 g/mol. The molecule has 0 atom stereocenters. The first-order valence-electron chi connectivity index (χ1n) is 8.32. The fourth-order valence-corrected chi connectivity index (χ4v) is 2.67. The second kappa shape index (κ2) is 11.2. The van der Waals surface area contributed by atoms with E-state index in [4.69, 9.17) is 9.47 Å². The van der Waals surface area contributed by atoms with Crippen molar-refractivity contribution in [1.82, 2.24) is 0 Å². The van der Waals surface area contributed by atoms with E-state index >= 15 is 0 Å². The summed E-state index contributed by atoms with van der Waals surface area (Å²) in [4.78, 5) is 4.12. The minimum Gasteiger partial charge on any atom is -0.523 e. The van der Waals surface area contributed by atoms with Gasteiger partial charge in [0.05, 0.1) is 14.2 Å². The van der Waals surface area contributed by atoms with Crippen LogP contribution in [0.5, 0.6) is 11.5 Å². The van der Waals surface area contributed by atoms with Gasteiger partial charge in [0.1, 0.15) is 0 Å². The maximum Gasteiger partial charge on any atom is 1.00 e. The van der Waals surface area contributed by atoms with Crippen LogP contribution in [0.15, 0.2) is 60.7 Å². The number of ether oxygens (including phenoxy) is 2. The Bertz CT molecular complexity index is 873. The van der Waals surface area contributed by atoms with Gasteiger partial charge in [-0.1, -0.05) is 35.3 Å². The first-order valence-corrected chi connectivity index (χ1v) is 8.32. The minimum absolute atomic E-state index is 0. The van der Waals surface area contributed by atoms with Crippen LogP contribution in [0, 0.1) is 12.1 Å². The van der Waals surface area contributed by atoms with Crippen LogP contribution in [0.1, 0.15) is 0 Å². The van der Waals surface area contributed by atoms with Crippen LogP contribution >= 0.6 is 0 Å². The van der Waals surface area contributed by atoms with Crippen LogP contribution in [0.3, 0.4) is 0 Å². The molecule has 0 amide bonds. The average molecular weight is 360 g/mol. The normalized spacial score (nSPS) is 9.57. The minimum atomic E-state index is 0. The van der Waals surface area contributed by atoms with Gasteiger partial charge in [-0.25, -0.2) is 0 Å². The number of benzene rings is 3. The zero-order chi connectivity index (χ0) is 18.5. The third-order valence-corrected chi connectivity index (χ3v) is 4.02. The molecule has 4 nitrogen and oxygen atoms in total. The fourth-order valence-electron chi connectivity index (χ4n) is 2.67. The van der Waals surface area contributed by atoms with E-state index in [1.165, 1.54) is 0 Å². The molecule has 6 heteroatoms. The Morgan fingerprint density at radius 2 is 1.32 bits per heavy atom. The summed E-state index contributed by atoms with van der Waals surface area (Å²) < 4.78 is 10.8. The Hall–Kier alpha value is -1.95. The van der Waals surface area contributed by atoms with Crippen molar-refractivity contribution >= 4 is 22.7 Å². The van der Waals surface area contributed by atoms with Crippen LogP contribution in [-0.2, 0) is 0 Å². The van der Waals surface area contributed by atoms with Crippen molar-refractivity contribution in [3.8, 4) is 11.5 Å². The number of rotatable bonds is 6. The molecule has 0 spiro atoms. The third kappa shape index (κ3) is 5.54. The SMILES string of the molecule is COc1[c-]c(N(c2[c-]c(OC)cc(N(C)C)c2)c2ccccc2)ccc1.[Li+].[Li+]. The second-order valence-electron chi connectivity index (χ2n) is 5.96. The molecule has 0 bridgehead atoms. The number of hydrogen-bond acceptors (Lipinski definition) is 4. The molecule has 3 aromatic rings. The Kier molecular flexibility index (Phi) is 9.60. The Labute approximate surface area is 191 Å². The van der Waals surface area contributed by atoms with Gasteiger partial charge in [0.15, 0.2) is 0 Å². The van der Waals surface area contributed by atoms with Gasteiger partial charge < -0.3 is 19.3 Å². The molecule has 134 valence electrons. The van der Waals surface area contributed by atoms with E-state index in [1.54, 1.807) is 14.2 Å². The number of nitrogens with zero attached hydrogens (tertiary/aromatic N) is 2. The molecule has 0 saturated carbocycles. The van der Waals surface area contributed by atoms with Crippen LogP contribution in [0.25, 0.3) is 0 Å². The van der Waals surface area contributed by atoms with Gasteiger partial charge in [-0.2, -0.15) is 6.07 Å². The van der Waals surface area contributed by atoms with Crippen molar-refractivity contribution in [3.05, 3.63) is 72.8 Å². The molecular formula is C22H22Li2N2O2. The van der Waals surface area contributed by atoms with Crippen molar-refractivity contribution in [3.63, 3.8) is 0 Å². The van der Waals surface area contributed by atoms with Gasteiger partial charge in [-0.3, -0.25) is 0 Å². The molecule has 0 aromatic heterocycles. The molecule has 0 saturated heterocycles. The summed E-state index contributed by atoms with van der Waals surface area (Å²) in [5.41, 5.74) is 3.76. The van der Waals surface area contributed by atoms with E-state index in [9.17, 15) is 0 Å². The van der Waals surface area contributed by atoms with Crippen molar-refractivity contribution in [1.29, 1.82) is 0 Å². The first-order chi connectivity index (χ1) is 12.6. The van der Waals surface area contributed by atoms with Crippen LogP contribution < -0.4 is 57.0 Å². The van der Waals surface area contributed by atoms with Gasteiger partial charge in [-0.05, 0) is 12.1 Å². The number of methoxy groups -OCH3 is 2. The van der Waals surface area contributed by atoms with E-state index in [1.807, 2.05) is 61.5 Å². The van der Waals surface area contributed by atoms with Crippen molar-refractivity contribution in [2.45, 2.75) is 0 Å². The number of hydrogen-bond donors (Lipinski definition) is 0. The summed E-state index contributed by atoms with van der Waals surface area (Å²) in [7, 11) is 7.30. The molecule has 0 aliphatic rings. The molecule has 0 heterocycles. The third-order valence-electron chi connectivity index (χ3n) is 4.02. The van der Waals surface area contributed by atoms with Gasteiger partial charge in [0.2, 0.25) is 0 Å². The predicted octanol–water partition coefficient (Wildman–Crippen LogP) is -1.15. The largest absolute Gasteiger partial charge is 1.00 e. The van der Waals surface area contributed by atoms with Crippen LogP contribution in [-0.4, -0.2) is 28.3 Å². The van der Waals surface area contributed by atoms with Gasteiger partial charge in [-0.15, -0.1) is 36.4 Å². The summed E-state index contributed by atoms with van der Waals surface area (Å²) in [6, 6.07) is 26.6. The Balaban J connectivity index is 0.00000196. The van der Waals surface area contributed by atoms with Crippen molar-refractivity contribution < 1.29 is 47.2 Å². The molecule has 28 heavy (non-hydrogen) atoms. The number of para-hydroxylation sites is 1. The summed E-state index contributed by atoms with van der Waals surface area (Å²) in [5.74, 6) is 1.36. The fraction of sp³-hybridized carbons (Fsp3) is 0.182.